The molecule has 0 saturated carbocycles. The Kier molecular flexibility index (Phi) is 3.21. The van der Waals surface area contributed by atoms with E-state index in [1.807, 2.05) is 13.8 Å². The van der Waals surface area contributed by atoms with E-state index in [1.54, 1.807) is 23.7 Å². The Morgan fingerprint density at radius 2 is 2.00 bits per heavy atom. The summed E-state index contributed by atoms with van der Waals surface area (Å²) < 4.78 is 2.73. The highest BCUT2D eigenvalue weighted by atomic mass is 79.9. The molecule has 2 rings (SSSR count). The summed E-state index contributed by atoms with van der Waals surface area (Å²) in [6.07, 6.45) is 0. The number of benzene rings is 1. The number of rotatable bonds is 2. The number of aryl methyl sites for hydroxylation is 2. The average molecular weight is 310 g/mol. The second kappa shape index (κ2) is 4.53. The predicted octanol–water partition coefficient (Wildman–Crippen LogP) is 3.47. The van der Waals surface area contributed by atoms with Crippen LogP contribution in [0.2, 0.25) is 0 Å². The van der Waals surface area contributed by atoms with Gasteiger partial charge in [-0.3, -0.25) is 10.1 Å². The number of nitrogens with zero attached hydrogens (tertiary/aromatic N) is 3. The topological polar surface area (TPSA) is 61.0 Å². The minimum atomic E-state index is -0.379. The molecule has 0 fully saturated rings. The summed E-state index contributed by atoms with van der Waals surface area (Å²) in [5.74, 6) is 0. The van der Waals surface area contributed by atoms with Crippen LogP contribution in [0.3, 0.4) is 0 Å². The normalized spacial score (nSPS) is 10.7. The third-order valence-electron chi connectivity index (χ3n) is 2.82. The summed E-state index contributed by atoms with van der Waals surface area (Å²) in [6.45, 7) is 5.58. The molecule has 5 nitrogen and oxygen atoms in total. The number of nitro groups is 1. The minimum absolute atomic E-state index is 0.124. The van der Waals surface area contributed by atoms with E-state index in [4.69, 9.17) is 0 Å². The lowest BCUT2D eigenvalue weighted by molar-refractivity contribution is -0.385. The maximum Gasteiger partial charge on any atom is 0.272 e. The largest absolute Gasteiger partial charge is 0.272 e. The Bertz CT molecular complexity index is 634. The zero-order chi connectivity index (χ0) is 13.4. The molecular weight excluding hydrogens is 298 g/mol. The van der Waals surface area contributed by atoms with E-state index in [0.717, 1.165) is 21.5 Å². The van der Waals surface area contributed by atoms with Crippen molar-refractivity contribution in [3.8, 4) is 5.69 Å². The van der Waals surface area contributed by atoms with Gasteiger partial charge in [0.1, 0.15) is 0 Å². The van der Waals surface area contributed by atoms with Gasteiger partial charge in [-0.15, -0.1) is 0 Å². The van der Waals surface area contributed by atoms with Crippen molar-refractivity contribution in [1.29, 1.82) is 0 Å². The number of hydrogen-bond acceptors (Lipinski definition) is 3. The van der Waals surface area contributed by atoms with Crippen LogP contribution in [-0.4, -0.2) is 14.7 Å². The number of halogens is 1. The zero-order valence-corrected chi connectivity index (χ0v) is 11.9. The standard InChI is InChI=1S/C12H12BrN3O2/c1-7-6-10(4-5-11(7)16(17)18)15-9(3)12(13)8(2)14-15/h4-6H,1-3H3. The molecule has 1 heterocycles. The van der Waals surface area contributed by atoms with Gasteiger partial charge in [0.15, 0.2) is 0 Å². The Hall–Kier alpha value is -1.69. The molecule has 0 bridgehead atoms. The summed E-state index contributed by atoms with van der Waals surface area (Å²) in [4.78, 5) is 10.4. The van der Waals surface area contributed by atoms with E-state index in [1.165, 1.54) is 6.07 Å². The lowest BCUT2D eigenvalue weighted by Gasteiger charge is -2.05. The Morgan fingerprint density at radius 1 is 1.33 bits per heavy atom. The van der Waals surface area contributed by atoms with Crippen molar-refractivity contribution >= 4 is 21.6 Å². The highest BCUT2D eigenvalue weighted by Crippen LogP contribution is 2.25. The van der Waals surface area contributed by atoms with E-state index in [-0.39, 0.29) is 10.6 Å². The van der Waals surface area contributed by atoms with E-state index in [0.29, 0.717) is 5.56 Å². The molecule has 0 unspecified atom stereocenters. The molecule has 0 radical (unpaired) electrons. The summed E-state index contributed by atoms with van der Waals surface area (Å²) in [7, 11) is 0. The van der Waals surface area contributed by atoms with Crippen molar-refractivity contribution in [2.24, 2.45) is 0 Å². The summed E-state index contributed by atoms with van der Waals surface area (Å²) in [6, 6.07) is 4.98. The van der Waals surface area contributed by atoms with Gasteiger partial charge in [-0.25, -0.2) is 4.68 Å². The van der Waals surface area contributed by atoms with Crippen LogP contribution in [0.15, 0.2) is 22.7 Å². The van der Waals surface area contributed by atoms with Crippen molar-refractivity contribution in [3.05, 3.63) is 49.7 Å². The fourth-order valence-corrected chi connectivity index (χ4v) is 2.10. The van der Waals surface area contributed by atoms with Crippen LogP contribution in [0.1, 0.15) is 17.0 Å². The van der Waals surface area contributed by atoms with Gasteiger partial charge in [-0.1, -0.05) is 0 Å². The molecule has 0 aliphatic rings. The van der Waals surface area contributed by atoms with Crippen LogP contribution in [0, 0.1) is 30.9 Å². The summed E-state index contributed by atoms with van der Waals surface area (Å²) in [5.41, 5.74) is 3.44. The molecule has 18 heavy (non-hydrogen) atoms. The van der Waals surface area contributed by atoms with Crippen LogP contribution in [0.4, 0.5) is 5.69 Å². The van der Waals surface area contributed by atoms with E-state index in [2.05, 4.69) is 21.0 Å². The Labute approximate surface area is 113 Å². The van der Waals surface area contributed by atoms with Gasteiger partial charge in [0.05, 0.1) is 26.5 Å². The Balaban J connectivity index is 2.55. The third-order valence-corrected chi connectivity index (χ3v) is 3.97. The van der Waals surface area contributed by atoms with Crippen LogP contribution in [-0.2, 0) is 0 Å². The first kappa shape index (κ1) is 12.8. The van der Waals surface area contributed by atoms with Crippen LogP contribution in [0.25, 0.3) is 5.69 Å². The van der Waals surface area contributed by atoms with E-state index < -0.39 is 0 Å². The molecule has 6 heteroatoms. The highest BCUT2D eigenvalue weighted by Gasteiger charge is 2.14. The van der Waals surface area contributed by atoms with Crippen molar-refractivity contribution < 1.29 is 4.92 Å². The summed E-state index contributed by atoms with van der Waals surface area (Å²) in [5, 5.41) is 15.2. The van der Waals surface area contributed by atoms with Crippen LogP contribution < -0.4 is 0 Å². The number of nitro benzene ring substituents is 1. The molecular formula is C12H12BrN3O2. The van der Waals surface area contributed by atoms with Crippen molar-refractivity contribution in [2.75, 3.05) is 0 Å². The van der Waals surface area contributed by atoms with Crippen molar-refractivity contribution in [1.82, 2.24) is 9.78 Å². The maximum absolute atomic E-state index is 10.8. The second-order valence-electron chi connectivity index (χ2n) is 4.12. The molecule has 0 N–H and O–H groups in total. The molecule has 0 amide bonds. The lowest BCUT2D eigenvalue weighted by Crippen LogP contribution is -2.01. The average Bonchev–Trinajstić information content (AvgIpc) is 2.56. The molecule has 0 saturated heterocycles. The fraction of sp³-hybridized carbons (Fsp3) is 0.250. The van der Waals surface area contributed by atoms with Gasteiger partial charge in [0.25, 0.3) is 5.69 Å². The molecule has 0 aliphatic heterocycles. The van der Waals surface area contributed by atoms with Gasteiger partial charge in [0, 0.05) is 11.6 Å². The number of aromatic nitrogens is 2. The van der Waals surface area contributed by atoms with Crippen LogP contribution >= 0.6 is 15.9 Å². The maximum atomic E-state index is 10.8. The Morgan fingerprint density at radius 3 is 2.44 bits per heavy atom. The molecule has 94 valence electrons. The predicted molar refractivity (Wildman–Crippen MR) is 72.1 cm³/mol. The first-order valence-electron chi connectivity index (χ1n) is 5.39. The number of hydrogen-bond donors (Lipinski definition) is 0. The lowest BCUT2D eigenvalue weighted by atomic mass is 10.2. The second-order valence-corrected chi connectivity index (χ2v) is 4.92. The van der Waals surface area contributed by atoms with Gasteiger partial charge < -0.3 is 0 Å². The molecule has 0 aliphatic carbocycles. The molecule has 1 aromatic heterocycles. The van der Waals surface area contributed by atoms with Crippen molar-refractivity contribution in [3.63, 3.8) is 0 Å². The van der Waals surface area contributed by atoms with Gasteiger partial charge >= 0.3 is 0 Å². The van der Waals surface area contributed by atoms with Gasteiger partial charge in [-0.05, 0) is 48.8 Å². The summed E-state index contributed by atoms with van der Waals surface area (Å²) >= 11 is 3.46. The first-order valence-corrected chi connectivity index (χ1v) is 6.18. The SMILES string of the molecule is Cc1cc(-n2nc(C)c(Br)c2C)ccc1[N+](=O)[O-]. The minimum Gasteiger partial charge on any atom is -0.258 e. The third kappa shape index (κ3) is 2.03. The monoisotopic (exact) mass is 309 g/mol. The van der Waals surface area contributed by atoms with Crippen LogP contribution in [0.5, 0.6) is 0 Å². The molecule has 0 spiro atoms. The highest BCUT2D eigenvalue weighted by molar-refractivity contribution is 9.10. The first-order chi connectivity index (χ1) is 8.41. The smallest absolute Gasteiger partial charge is 0.258 e. The van der Waals surface area contributed by atoms with E-state index in [9.17, 15) is 10.1 Å². The van der Waals surface area contributed by atoms with Gasteiger partial charge in [-0.2, -0.15) is 5.10 Å². The van der Waals surface area contributed by atoms with Gasteiger partial charge in [0.2, 0.25) is 0 Å². The quantitative estimate of drug-likeness (QED) is 0.630. The fourth-order valence-electron chi connectivity index (χ4n) is 1.85. The van der Waals surface area contributed by atoms with E-state index >= 15 is 0 Å². The molecule has 1 aromatic carbocycles. The molecule has 0 atom stereocenters. The zero-order valence-electron chi connectivity index (χ0n) is 10.3. The molecule has 2 aromatic rings. The van der Waals surface area contributed by atoms with Crippen molar-refractivity contribution in [2.45, 2.75) is 20.8 Å².